The molecule has 0 unspecified atom stereocenters. The second kappa shape index (κ2) is 7.27. The van der Waals surface area contributed by atoms with Crippen molar-refractivity contribution in [1.29, 1.82) is 0 Å². The Labute approximate surface area is 146 Å². The molecule has 0 aliphatic rings. The molecule has 3 aromatic rings. The summed E-state index contributed by atoms with van der Waals surface area (Å²) in [5.41, 5.74) is 2.43. The van der Waals surface area contributed by atoms with E-state index < -0.39 is 0 Å². The SMILES string of the molecule is CCc1nc(N(N)Cc2ccccc2)nc(=O)n1-c1ccccc1C. The highest BCUT2D eigenvalue weighted by atomic mass is 16.1. The molecule has 6 heteroatoms. The maximum absolute atomic E-state index is 12.7. The summed E-state index contributed by atoms with van der Waals surface area (Å²) in [5.74, 6) is 6.96. The van der Waals surface area contributed by atoms with E-state index in [1.807, 2.05) is 68.4 Å². The number of hydrogen-bond donors (Lipinski definition) is 1. The van der Waals surface area contributed by atoms with Gasteiger partial charge in [-0.05, 0) is 24.1 Å². The van der Waals surface area contributed by atoms with Crippen molar-refractivity contribution < 1.29 is 0 Å². The standard InChI is InChI=1S/C19H21N5O/c1-3-17-21-18(23(20)13-15-10-5-4-6-11-15)22-19(25)24(17)16-12-8-7-9-14(16)2/h4-12H,3,13,20H2,1-2H3. The average Bonchev–Trinajstić information content (AvgIpc) is 2.62. The van der Waals surface area contributed by atoms with Crippen LogP contribution in [-0.4, -0.2) is 14.5 Å². The van der Waals surface area contributed by atoms with E-state index in [0.29, 0.717) is 18.8 Å². The van der Waals surface area contributed by atoms with Gasteiger partial charge in [-0.1, -0.05) is 55.5 Å². The quantitative estimate of drug-likeness (QED) is 0.572. The Morgan fingerprint density at radius 3 is 2.40 bits per heavy atom. The van der Waals surface area contributed by atoms with E-state index in [1.54, 1.807) is 4.57 Å². The molecule has 0 bridgehead atoms. The molecule has 0 radical (unpaired) electrons. The third-order valence-corrected chi connectivity index (χ3v) is 4.00. The van der Waals surface area contributed by atoms with Gasteiger partial charge in [0.2, 0.25) is 5.95 Å². The van der Waals surface area contributed by atoms with E-state index in [0.717, 1.165) is 16.8 Å². The van der Waals surface area contributed by atoms with E-state index in [4.69, 9.17) is 5.84 Å². The van der Waals surface area contributed by atoms with Crippen molar-refractivity contribution in [2.24, 2.45) is 5.84 Å². The topological polar surface area (TPSA) is 77.0 Å². The van der Waals surface area contributed by atoms with Crippen LogP contribution in [0.1, 0.15) is 23.9 Å². The summed E-state index contributed by atoms with van der Waals surface area (Å²) in [5, 5.41) is 1.40. The van der Waals surface area contributed by atoms with Crippen LogP contribution in [0.2, 0.25) is 0 Å². The second-order valence-electron chi connectivity index (χ2n) is 5.81. The summed E-state index contributed by atoms with van der Waals surface area (Å²) in [6.45, 7) is 4.34. The van der Waals surface area contributed by atoms with Crippen LogP contribution in [0, 0.1) is 6.92 Å². The van der Waals surface area contributed by atoms with Crippen molar-refractivity contribution in [2.45, 2.75) is 26.8 Å². The molecule has 0 aliphatic carbocycles. The van der Waals surface area contributed by atoms with Crippen molar-refractivity contribution in [3.8, 4) is 5.69 Å². The Hall–Kier alpha value is -2.99. The highest BCUT2D eigenvalue weighted by Crippen LogP contribution is 2.15. The van der Waals surface area contributed by atoms with Crippen molar-refractivity contribution in [3.63, 3.8) is 0 Å². The number of anilines is 1. The minimum Gasteiger partial charge on any atom is -0.274 e. The normalized spacial score (nSPS) is 10.7. The van der Waals surface area contributed by atoms with Gasteiger partial charge in [-0.3, -0.25) is 5.01 Å². The highest BCUT2D eigenvalue weighted by molar-refractivity contribution is 5.41. The lowest BCUT2D eigenvalue weighted by Crippen LogP contribution is -2.36. The van der Waals surface area contributed by atoms with Crippen molar-refractivity contribution in [1.82, 2.24) is 14.5 Å². The van der Waals surface area contributed by atoms with Gasteiger partial charge in [0, 0.05) is 6.42 Å². The Balaban J connectivity index is 2.00. The smallest absolute Gasteiger partial charge is 0.274 e. The number of aromatic nitrogens is 3. The molecule has 0 amide bonds. The number of rotatable bonds is 5. The van der Waals surface area contributed by atoms with Crippen LogP contribution < -0.4 is 16.5 Å². The monoisotopic (exact) mass is 335 g/mol. The molecular formula is C19H21N5O. The molecule has 0 saturated carbocycles. The summed E-state index contributed by atoms with van der Waals surface area (Å²) in [4.78, 5) is 21.3. The lowest BCUT2D eigenvalue weighted by atomic mass is 10.2. The molecule has 2 N–H and O–H groups in total. The maximum Gasteiger partial charge on any atom is 0.356 e. The zero-order valence-electron chi connectivity index (χ0n) is 14.4. The van der Waals surface area contributed by atoms with Gasteiger partial charge in [-0.25, -0.2) is 15.2 Å². The minimum absolute atomic E-state index is 0.232. The van der Waals surface area contributed by atoms with Gasteiger partial charge in [-0.15, -0.1) is 0 Å². The number of hydrazine groups is 1. The van der Waals surface area contributed by atoms with Gasteiger partial charge >= 0.3 is 5.69 Å². The first kappa shape index (κ1) is 16.9. The number of nitrogens with two attached hydrogens (primary N) is 1. The van der Waals surface area contributed by atoms with E-state index in [9.17, 15) is 4.79 Å². The maximum atomic E-state index is 12.7. The van der Waals surface area contributed by atoms with Crippen LogP contribution >= 0.6 is 0 Å². The number of nitrogens with zero attached hydrogens (tertiary/aromatic N) is 4. The van der Waals surface area contributed by atoms with Crippen molar-refractivity contribution in [2.75, 3.05) is 5.01 Å². The van der Waals surface area contributed by atoms with Crippen LogP contribution in [0.5, 0.6) is 0 Å². The Kier molecular flexibility index (Phi) is 4.90. The molecule has 1 aromatic heterocycles. The molecule has 0 spiro atoms. The fourth-order valence-electron chi connectivity index (χ4n) is 2.71. The van der Waals surface area contributed by atoms with Gasteiger partial charge in [-0.2, -0.15) is 9.97 Å². The van der Waals surface area contributed by atoms with Crippen molar-refractivity contribution >= 4 is 5.95 Å². The zero-order valence-corrected chi connectivity index (χ0v) is 14.4. The first-order chi connectivity index (χ1) is 12.1. The number of aryl methyl sites for hydroxylation is 2. The molecule has 0 saturated heterocycles. The van der Waals surface area contributed by atoms with Crippen LogP contribution in [0.15, 0.2) is 59.4 Å². The summed E-state index contributed by atoms with van der Waals surface area (Å²) in [6, 6.07) is 17.4. The second-order valence-corrected chi connectivity index (χ2v) is 5.81. The van der Waals surface area contributed by atoms with E-state index in [-0.39, 0.29) is 11.6 Å². The predicted octanol–water partition coefficient (Wildman–Crippen LogP) is 2.38. The molecule has 2 aromatic carbocycles. The van der Waals surface area contributed by atoms with Gasteiger partial charge < -0.3 is 0 Å². The third kappa shape index (κ3) is 3.59. The first-order valence-electron chi connectivity index (χ1n) is 8.22. The Morgan fingerprint density at radius 2 is 1.72 bits per heavy atom. The molecule has 0 aliphatic heterocycles. The molecular weight excluding hydrogens is 314 g/mol. The van der Waals surface area contributed by atoms with Gasteiger partial charge in [0.1, 0.15) is 5.82 Å². The van der Waals surface area contributed by atoms with Gasteiger partial charge in [0.25, 0.3) is 0 Å². The molecule has 0 fully saturated rings. The van der Waals surface area contributed by atoms with Gasteiger partial charge in [0.05, 0.1) is 12.2 Å². The molecule has 128 valence electrons. The fourth-order valence-corrected chi connectivity index (χ4v) is 2.71. The minimum atomic E-state index is -0.375. The van der Waals surface area contributed by atoms with Crippen LogP contribution in [0.4, 0.5) is 5.95 Å². The average molecular weight is 335 g/mol. The van der Waals surface area contributed by atoms with Crippen LogP contribution in [0.25, 0.3) is 5.69 Å². The van der Waals surface area contributed by atoms with E-state index >= 15 is 0 Å². The molecule has 1 heterocycles. The molecule has 25 heavy (non-hydrogen) atoms. The van der Waals surface area contributed by atoms with Crippen LogP contribution in [-0.2, 0) is 13.0 Å². The largest absolute Gasteiger partial charge is 0.356 e. The zero-order chi connectivity index (χ0) is 17.8. The van der Waals surface area contributed by atoms with E-state index in [2.05, 4.69) is 9.97 Å². The summed E-state index contributed by atoms with van der Waals surface area (Å²) < 4.78 is 1.55. The van der Waals surface area contributed by atoms with Gasteiger partial charge in [0.15, 0.2) is 0 Å². The third-order valence-electron chi connectivity index (χ3n) is 4.00. The van der Waals surface area contributed by atoms with Crippen molar-refractivity contribution in [3.05, 3.63) is 82.0 Å². The summed E-state index contributed by atoms with van der Waals surface area (Å²) in [7, 11) is 0. The first-order valence-corrected chi connectivity index (χ1v) is 8.22. The van der Waals surface area contributed by atoms with E-state index in [1.165, 1.54) is 5.01 Å². The Bertz CT molecular complexity index is 921. The fraction of sp³-hybridized carbons (Fsp3) is 0.211. The lowest BCUT2D eigenvalue weighted by Gasteiger charge is -2.19. The molecule has 6 nitrogen and oxygen atoms in total. The number of para-hydroxylation sites is 1. The molecule has 3 rings (SSSR count). The number of hydrogen-bond acceptors (Lipinski definition) is 5. The van der Waals surface area contributed by atoms with Crippen LogP contribution in [0.3, 0.4) is 0 Å². The summed E-state index contributed by atoms with van der Waals surface area (Å²) >= 11 is 0. The Morgan fingerprint density at radius 1 is 1.04 bits per heavy atom. The molecule has 0 atom stereocenters. The predicted molar refractivity (Wildman–Crippen MR) is 98.6 cm³/mol. The number of benzene rings is 2. The lowest BCUT2D eigenvalue weighted by molar-refractivity contribution is 0.721. The highest BCUT2D eigenvalue weighted by Gasteiger charge is 2.15. The summed E-state index contributed by atoms with van der Waals surface area (Å²) in [6.07, 6.45) is 0.596.